The van der Waals surface area contributed by atoms with E-state index in [1.54, 1.807) is 13.2 Å². The molecular formula is C33H49N3O3S. The van der Waals surface area contributed by atoms with Crippen LogP contribution < -0.4 is 20.1 Å². The first-order chi connectivity index (χ1) is 19.6. The van der Waals surface area contributed by atoms with Crippen molar-refractivity contribution in [3.63, 3.8) is 0 Å². The van der Waals surface area contributed by atoms with Crippen LogP contribution in [0, 0.1) is 0 Å². The lowest BCUT2D eigenvalue weighted by Gasteiger charge is -2.18. The molecule has 0 spiro atoms. The summed E-state index contributed by atoms with van der Waals surface area (Å²) in [6.45, 7) is 5.81. The molecule has 2 aromatic carbocycles. The number of carbonyl (C=O) groups excluding carboxylic acids is 1. The number of rotatable bonds is 19. The summed E-state index contributed by atoms with van der Waals surface area (Å²) in [5, 5.41) is 5.92. The van der Waals surface area contributed by atoms with Gasteiger partial charge in [0.15, 0.2) is 11.5 Å². The average molecular weight is 568 g/mol. The van der Waals surface area contributed by atoms with Crippen molar-refractivity contribution in [2.75, 3.05) is 30.2 Å². The van der Waals surface area contributed by atoms with Gasteiger partial charge in [-0.1, -0.05) is 95.8 Å². The van der Waals surface area contributed by atoms with Crippen LogP contribution in [0.1, 0.15) is 96.5 Å². The Morgan fingerprint density at radius 2 is 1.55 bits per heavy atom. The van der Waals surface area contributed by atoms with Crippen molar-refractivity contribution in [2.45, 2.75) is 97.4 Å². The van der Waals surface area contributed by atoms with Gasteiger partial charge < -0.3 is 25.0 Å². The van der Waals surface area contributed by atoms with Crippen molar-refractivity contribution >= 4 is 29.2 Å². The van der Waals surface area contributed by atoms with Gasteiger partial charge in [-0.3, -0.25) is 0 Å². The van der Waals surface area contributed by atoms with Crippen LogP contribution in [0.25, 0.3) is 0 Å². The van der Waals surface area contributed by atoms with E-state index in [0.29, 0.717) is 23.8 Å². The van der Waals surface area contributed by atoms with Gasteiger partial charge in [-0.05, 0) is 42.0 Å². The number of hydrogen-bond acceptors (Lipinski definition) is 5. The summed E-state index contributed by atoms with van der Waals surface area (Å²) in [7, 11) is 1.62. The van der Waals surface area contributed by atoms with Crippen LogP contribution in [0.5, 0.6) is 11.5 Å². The Morgan fingerprint density at radius 3 is 2.20 bits per heavy atom. The third-order valence-electron chi connectivity index (χ3n) is 7.14. The van der Waals surface area contributed by atoms with E-state index in [9.17, 15) is 4.79 Å². The molecule has 220 valence electrons. The van der Waals surface area contributed by atoms with Crippen LogP contribution in [0.4, 0.5) is 16.2 Å². The standard InChI is InChI=1S/C33H49N3O3S/c1-4-5-6-7-8-9-10-11-12-13-14-17-22-39-31-21-20-29(23-32(31)38-3)34-33(37)35-30-19-16-15-18-28(30)25-36-24-27(2)40-26-36/h15-16,18-21,23-24H,4-14,17,22,25-26H2,1-3H3,(H2,34,35,37). The van der Waals surface area contributed by atoms with Crippen molar-refractivity contribution < 1.29 is 14.3 Å². The first kappa shape index (κ1) is 31.7. The van der Waals surface area contributed by atoms with Crippen LogP contribution >= 0.6 is 11.8 Å². The molecular weight excluding hydrogens is 518 g/mol. The third-order valence-corrected chi connectivity index (χ3v) is 8.16. The molecule has 7 heteroatoms. The molecule has 2 aromatic rings. The van der Waals surface area contributed by atoms with Crippen LogP contribution in [-0.2, 0) is 6.54 Å². The predicted octanol–water partition coefficient (Wildman–Crippen LogP) is 9.79. The monoisotopic (exact) mass is 567 g/mol. The molecule has 0 fully saturated rings. The van der Waals surface area contributed by atoms with E-state index in [4.69, 9.17) is 9.47 Å². The summed E-state index contributed by atoms with van der Waals surface area (Å²) in [6.07, 6.45) is 18.0. The van der Waals surface area contributed by atoms with E-state index in [1.165, 1.54) is 75.5 Å². The quantitative estimate of drug-likeness (QED) is 0.165. The van der Waals surface area contributed by atoms with E-state index in [2.05, 4.69) is 35.6 Å². The first-order valence-electron chi connectivity index (χ1n) is 15.1. The number of ether oxygens (including phenoxy) is 2. The maximum Gasteiger partial charge on any atom is 0.323 e. The number of allylic oxidation sites excluding steroid dienone is 1. The second-order valence-corrected chi connectivity index (χ2v) is 11.8. The number of anilines is 2. The predicted molar refractivity (Wildman–Crippen MR) is 170 cm³/mol. The van der Waals surface area contributed by atoms with Gasteiger partial charge in [0.1, 0.15) is 0 Å². The molecule has 2 amide bonds. The number of unbranched alkanes of at least 4 members (excludes halogenated alkanes) is 11. The Morgan fingerprint density at radius 1 is 0.875 bits per heavy atom. The zero-order valence-electron chi connectivity index (χ0n) is 24.8. The summed E-state index contributed by atoms with van der Waals surface area (Å²) >= 11 is 1.83. The number of amides is 2. The van der Waals surface area contributed by atoms with Gasteiger partial charge in [0, 0.05) is 30.2 Å². The van der Waals surface area contributed by atoms with Crippen molar-refractivity contribution in [1.82, 2.24) is 4.90 Å². The van der Waals surface area contributed by atoms with Crippen LogP contribution in [0.3, 0.4) is 0 Å². The number of carbonyl (C=O) groups is 1. The van der Waals surface area contributed by atoms with Crippen LogP contribution in [-0.4, -0.2) is 30.5 Å². The summed E-state index contributed by atoms with van der Waals surface area (Å²) in [4.78, 5) is 16.3. The van der Waals surface area contributed by atoms with Gasteiger partial charge >= 0.3 is 6.03 Å². The molecule has 0 aliphatic carbocycles. The van der Waals surface area contributed by atoms with E-state index < -0.39 is 0 Å². The molecule has 0 aromatic heterocycles. The lowest BCUT2D eigenvalue weighted by Crippen LogP contribution is -2.21. The highest BCUT2D eigenvalue weighted by Gasteiger charge is 2.14. The number of nitrogens with zero attached hydrogens (tertiary/aromatic N) is 1. The number of para-hydroxylation sites is 1. The van der Waals surface area contributed by atoms with Gasteiger partial charge in [0.2, 0.25) is 0 Å². The smallest absolute Gasteiger partial charge is 0.323 e. The Balaban J connectivity index is 1.35. The van der Waals surface area contributed by atoms with Gasteiger partial charge in [-0.25, -0.2) is 4.79 Å². The number of urea groups is 1. The Labute approximate surface area is 246 Å². The van der Waals surface area contributed by atoms with Crippen molar-refractivity contribution in [3.05, 3.63) is 59.1 Å². The second kappa shape index (κ2) is 18.5. The summed E-state index contributed by atoms with van der Waals surface area (Å²) in [5.41, 5.74) is 2.53. The Hall–Kier alpha value is -2.80. The largest absolute Gasteiger partial charge is 0.493 e. The molecule has 0 bridgehead atoms. The van der Waals surface area contributed by atoms with Gasteiger partial charge in [-0.2, -0.15) is 0 Å². The zero-order valence-corrected chi connectivity index (χ0v) is 25.6. The van der Waals surface area contributed by atoms with Gasteiger partial charge in [0.25, 0.3) is 0 Å². The fourth-order valence-corrected chi connectivity index (χ4v) is 5.64. The summed E-state index contributed by atoms with van der Waals surface area (Å²) < 4.78 is 11.5. The molecule has 1 heterocycles. The number of benzene rings is 2. The molecule has 0 unspecified atom stereocenters. The Bertz CT molecular complexity index is 1060. The molecule has 6 nitrogen and oxygen atoms in total. The fourth-order valence-electron chi connectivity index (χ4n) is 4.88. The van der Waals surface area contributed by atoms with E-state index in [0.717, 1.165) is 30.1 Å². The minimum Gasteiger partial charge on any atom is -0.493 e. The fraction of sp³-hybridized carbons (Fsp3) is 0.545. The highest BCUT2D eigenvalue weighted by molar-refractivity contribution is 8.03. The number of methoxy groups -OCH3 is 1. The molecule has 0 radical (unpaired) electrons. The van der Waals surface area contributed by atoms with Gasteiger partial charge in [-0.15, -0.1) is 11.8 Å². The van der Waals surface area contributed by atoms with Crippen molar-refractivity contribution in [2.24, 2.45) is 0 Å². The molecule has 2 N–H and O–H groups in total. The minimum absolute atomic E-state index is 0.290. The second-order valence-electron chi connectivity index (χ2n) is 10.6. The van der Waals surface area contributed by atoms with Crippen molar-refractivity contribution in [1.29, 1.82) is 0 Å². The molecule has 3 rings (SSSR count). The van der Waals surface area contributed by atoms with Crippen molar-refractivity contribution in [3.8, 4) is 11.5 Å². The summed E-state index contributed by atoms with van der Waals surface area (Å²) in [6, 6.07) is 13.1. The molecule has 1 aliphatic rings. The maximum atomic E-state index is 12.8. The first-order valence-corrected chi connectivity index (χ1v) is 16.1. The van der Waals surface area contributed by atoms with E-state index in [-0.39, 0.29) is 6.03 Å². The highest BCUT2D eigenvalue weighted by atomic mass is 32.2. The van der Waals surface area contributed by atoms with Crippen LogP contribution in [0.2, 0.25) is 0 Å². The highest BCUT2D eigenvalue weighted by Crippen LogP contribution is 2.31. The van der Waals surface area contributed by atoms with E-state index >= 15 is 0 Å². The molecule has 40 heavy (non-hydrogen) atoms. The zero-order chi connectivity index (χ0) is 28.4. The lowest BCUT2D eigenvalue weighted by molar-refractivity contribution is 0.262. The number of hydrogen-bond donors (Lipinski definition) is 2. The third kappa shape index (κ3) is 11.7. The molecule has 0 saturated heterocycles. The molecule has 1 aliphatic heterocycles. The molecule has 0 atom stereocenters. The average Bonchev–Trinajstić information content (AvgIpc) is 3.37. The van der Waals surface area contributed by atoms with Gasteiger partial charge in [0.05, 0.1) is 19.6 Å². The topological polar surface area (TPSA) is 62.8 Å². The Kier molecular flexibility index (Phi) is 14.7. The SMILES string of the molecule is CCCCCCCCCCCCCCOc1ccc(NC(=O)Nc2ccccc2CN2C=C(C)SC2)cc1OC. The summed E-state index contributed by atoms with van der Waals surface area (Å²) in [5.74, 6) is 2.25. The number of nitrogens with one attached hydrogen (secondary N) is 2. The lowest BCUT2D eigenvalue weighted by atomic mass is 10.1. The van der Waals surface area contributed by atoms with Crippen LogP contribution in [0.15, 0.2) is 53.6 Å². The molecule has 0 saturated carbocycles. The van der Waals surface area contributed by atoms with E-state index in [1.807, 2.05) is 48.2 Å². The maximum absolute atomic E-state index is 12.8. The number of thioether (sulfide) groups is 1. The minimum atomic E-state index is -0.290. The normalized spacial score (nSPS) is 12.8.